The lowest BCUT2D eigenvalue weighted by atomic mass is 10.2. The van der Waals surface area contributed by atoms with Crippen molar-refractivity contribution in [2.75, 3.05) is 33.2 Å². The van der Waals surface area contributed by atoms with Crippen LogP contribution in [0, 0.1) is 0 Å². The van der Waals surface area contributed by atoms with Gasteiger partial charge in [-0.1, -0.05) is 18.2 Å². The zero-order valence-electron chi connectivity index (χ0n) is 12.8. The van der Waals surface area contributed by atoms with Crippen LogP contribution in [0.3, 0.4) is 0 Å². The van der Waals surface area contributed by atoms with Crippen LogP contribution in [0.15, 0.2) is 35.1 Å². The number of hydrogen-bond donors (Lipinski definition) is 1. The minimum absolute atomic E-state index is 0.0304. The van der Waals surface area contributed by atoms with E-state index in [1.54, 1.807) is 6.07 Å². The van der Waals surface area contributed by atoms with Crippen molar-refractivity contribution in [3.8, 4) is 0 Å². The van der Waals surface area contributed by atoms with Crippen LogP contribution in [0.1, 0.15) is 9.67 Å². The van der Waals surface area contributed by atoms with Gasteiger partial charge >= 0.3 is 0 Å². The average Bonchev–Trinajstić information content (AvgIpc) is 3.01. The molecule has 6 heteroatoms. The Kier molecular flexibility index (Phi) is 3.43. The molecule has 118 valence electrons. The molecule has 0 unspecified atom stereocenters. The Balaban J connectivity index is 1.80. The third kappa shape index (κ3) is 2.44. The molecule has 23 heavy (non-hydrogen) atoms. The largest absolute Gasteiger partial charge is 0.335 e. The smallest absolute Gasteiger partial charge is 0.264 e. The number of carbonyl (C=O) groups is 1. The lowest BCUT2D eigenvalue weighted by Gasteiger charge is -2.32. The molecule has 1 amide bonds. The zero-order valence-corrected chi connectivity index (χ0v) is 13.7. The fraction of sp³-hybridized carbons (Fsp3) is 0.294. The summed E-state index contributed by atoms with van der Waals surface area (Å²) in [5, 5.41) is 1.59. The summed E-state index contributed by atoms with van der Waals surface area (Å²) >= 11 is 1.42. The highest BCUT2D eigenvalue weighted by atomic mass is 32.1. The van der Waals surface area contributed by atoms with Crippen LogP contribution in [0.5, 0.6) is 0 Å². The number of likely N-dealkylation sites (N-methyl/N-ethyl adjacent to an activating group) is 1. The monoisotopic (exact) mass is 327 g/mol. The molecule has 0 saturated carbocycles. The van der Waals surface area contributed by atoms with Crippen molar-refractivity contribution in [3.63, 3.8) is 0 Å². The summed E-state index contributed by atoms with van der Waals surface area (Å²) < 4.78 is 0.891. The fourth-order valence-electron chi connectivity index (χ4n) is 3.01. The Morgan fingerprint density at radius 3 is 2.65 bits per heavy atom. The van der Waals surface area contributed by atoms with Crippen molar-refractivity contribution < 1.29 is 4.79 Å². The second kappa shape index (κ2) is 5.47. The minimum atomic E-state index is -0.132. The number of piperazine rings is 1. The van der Waals surface area contributed by atoms with E-state index in [0.29, 0.717) is 10.3 Å². The number of benzene rings is 1. The summed E-state index contributed by atoms with van der Waals surface area (Å²) in [6.45, 7) is 3.25. The number of carbonyl (C=O) groups excluding carboxylic acids is 1. The topological polar surface area (TPSA) is 56.4 Å². The summed E-state index contributed by atoms with van der Waals surface area (Å²) in [6, 6.07) is 9.45. The van der Waals surface area contributed by atoms with E-state index in [0.717, 1.165) is 41.8 Å². The van der Waals surface area contributed by atoms with Gasteiger partial charge in [-0.15, -0.1) is 11.3 Å². The molecular formula is C17H17N3O2S. The lowest BCUT2D eigenvalue weighted by molar-refractivity contribution is 0.0669. The fourth-order valence-corrected chi connectivity index (χ4v) is 4.17. The van der Waals surface area contributed by atoms with Crippen LogP contribution in [0.25, 0.3) is 21.0 Å². The number of rotatable bonds is 1. The predicted octanol–water partition coefficient (Wildman–Crippen LogP) is 2.13. The number of nitrogens with one attached hydrogen (secondary N) is 1. The normalized spacial score (nSPS) is 16.3. The molecule has 1 aliphatic rings. The van der Waals surface area contributed by atoms with E-state index in [1.807, 2.05) is 29.2 Å². The van der Waals surface area contributed by atoms with Gasteiger partial charge in [0.1, 0.15) is 0 Å². The number of hydrogen-bond acceptors (Lipinski definition) is 4. The third-order valence-corrected chi connectivity index (χ3v) is 5.55. The average molecular weight is 327 g/mol. The van der Waals surface area contributed by atoms with Crippen molar-refractivity contribution in [2.45, 2.75) is 0 Å². The molecule has 0 atom stereocenters. The van der Waals surface area contributed by atoms with Crippen molar-refractivity contribution in [1.82, 2.24) is 14.8 Å². The number of aromatic nitrogens is 1. The number of pyridine rings is 1. The molecule has 0 spiro atoms. The molecule has 3 aromatic rings. The maximum absolute atomic E-state index is 12.7. The summed E-state index contributed by atoms with van der Waals surface area (Å²) in [7, 11) is 2.06. The Bertz CT molecular complexity index is 951. The van der Waals surface area contributed by atoms with E-state index in [-0.39, 0.29) is 11.5 Å². The van der Waals surface area contributed by atoms with Gasteiger partial charge in [0.05, 0.1) is 10.3 Å². The van der Waals surface area contributed by atoms with Crippen molar-refractivity contribution in [2.24, 2.45) is 0 Å². The Morgan fingerprint density at radius 1 is 1.13 bits per heavy atom. The quantitative estimate of drug-likeness (QED) is 0.745. The maximum atomic E-state index is 12.7. The summed E-state index contributed by atoms with van der Waals surface area (Å²) in [6.07, 6.45) is 0. The second-order valence-electron chi connectivity index (χ2n) is 5.95. The number of fused-ring (bicyclic) bond motifs is 3. The first-order chi connectivity index (χ1) is 11.1. The summed E-state index contributed by atoms with van der Waals surface area (Å²) in [5.41, 5.74) is 0.679. The SMILES string of the molecule is CN1CCN(C(=O)c2cc3c(=O)[nH]c4ccccc4c3s2)CC1. The molecule has 1 N–H and O–H groups in total. The Morgan fingerprint density at radius 2 is 1.87 bits per heavy atom. The summed E-state index contributed by atoms with van der Waals surface area (Å²) in [5.74, 6) is 0.0304. The van der Waals surface area contributed by atoms with Crippen molar-refractivity contribution >= 4 is 38.2 Å². The lowest BCUT2D eigenvalue weighted by Crippen LogP contribution is -2.46. The van der Waals surface area contributed by atoms with Gasteiger partial charge in [-0.05, 0) is 19.2 Å². The number of nitrogens with zero attached hydrogens (tertiary/aromatic N) is 2. The molecule has 1 aromatic carbocycles. The van der Waals surface area contributed by atoms with Crippen LogP contribution in [-0.4, -0.2) is 53.9 Å². The molecular weight excluding hydrogens is 310 g/mol. The highest BCUT2D eigenvalue weighted by Crippen LogP contribution is 2.30. The molecule has 3 heterocycles. The van der Waals surface area contributed by atoms with E-state index in [2.05, 4.69) is 16.9 Å². The number of thiophene rings is 1. The predicted molar refractivity (Wildman–Crippen MR) is 93.4 cm³/mol. The molecule has 0 bridgehead atoms. The van der Waals surface area contributed by atoms with Gasteiger partial charge in [0.2, 0.25) is 0 Å². The van der Waals surface area contributed by atoms with Gasteiger partial charge in [0.25, 0.3) is 11.5 Å². The molecule has 1 saturated heterocycles. The first kappa shape index (κ1) is 14.4. The van der Waals surface area contributed by atoms with Crippen molar-refractivity contribution in [3.05, 3.63) is 45.6 Å². The third-order valence-electron chi connectivity index (χ3n) is 4.40. The van der Waals surface area contributed by atoms with Gasteiger partial charge in [-0.2, -0.15) is 0 Å². The van der Waals surface area contributed by atoms with Gasteiger partial charge in [-0.25, -0.2) is 0 Å². The van der Waals surface area contributed by atoms with Gasteiger partial charge in [-0.3, -0.25) is 9.59 Å². The van der Waals surface area contributed by atoms with E-state index in [9.17, 15) is 9.59 Å². The number of H-pyrrole nitrogens is 1. The molecule has 0 radical (unpaired) electrons. The van der Waals surface area contributed by atoms with E-state index in [1.165, 1.54) is 11.3 Å². The van der Waals surface area contributed by atoms with E-state index in [4.69, 9.17) is 0 Å². The highest BCUT2D eigenvalue weighted by Gasteiger charge is 2.23. The first-order valence-electron chi connectivity index (χ1n) is 7.66. The van der Waals surface area contributed by atoms with Crippen LogP contribution >= 0.6 is 11.3 Å². The second-order valence-corrected chi connectivity index (χ2v) is 7.00. The molecule has 4 rings (SSSR count). The van der Waals surface area contributed by atoms with Crippen LogP contribution in [0.2, 0.25) is 0 Å². The number of aromatic amines is 1. The van der Waals surface area contributed by atoms with Gasteiger partial charge in [0, 0.05) is 41.8 Å². The molecule has 2 aromatic heterocycles. The number of para-hydroxylation sites is 1. The molecule has 5 nitrogen and oxygen atoms in total. The van der Waals surface area contributed by atoms with Crippen LogP contribution < -0.4 is 5.56 Å². The van der Waals surface area contributed by atoms with E-state index >= 15 is 0 Å². The number of amides is 1. The van der Waals surface area contributed by atoms with Gasteiger partial charge in [0.15, 0.2) is 0 Å². The zero-order chi connectivity index (χ0) is 16.0. The Labute approximate surface area is 137 Å². The first-order valence-corrected chi connectivity index (χ1v) is 8.47. The maximum Gasteiger partial charge on any atom is 0.264 e. The molecule has 1 fully saturated rings. The molecule has 0 aliphatic carbocycles. The standard InChI is InChI=1S/C17H17N3O2S/c1-19-6-8-20(9-7-19)17(22)14-10-12-15(23-14)11-4-2-3-5-13(11)18-16(12)21/h2-5,10H,6-9H2,1H3,(H,18,21). The van der Waals surface area contributed by atoms with Crippen LogP contribution in [-0.2, 0) is 0 Å². The van der Waals surface area contributed by atoms with E-state index < -0.39 is 0 Å². The molecule has 1 aliphatic heterocycles. The van der Waals surface area contributed by atoms with Gasteiger partial charge < -0.3 is 14.8 Å². The highest BCUT2D eigenvalue weighted by molar-refractivity contribution is 7.21. The van der Waals surface area contributed by atoms with Crippen LogP contribution in [0.4, 0.5) is 0 Å². The van der Waals surface area contributed by atoms with Crippen molar-refractivity contribution in [1.29, 1.82) is 0 Å². The summed E-state index contributed by atoms with van der Waals surface area (Å²) in [4.78, 5) is 32.6. The Hall–Kier alpha value is -2.18. The minimum Gasteiger partial charge on any atom is -0.335 e.